The fraction of sp³-hybridized carbons (Fsp3) is 0. The molecule has 0 unspecified atom stereocenters. The lowest BCUT2D eigenvalue weighted by molar-refractivity contribution is 1.08. The fourth-order valence-corrected chi connectivity index (χ4v) is 9.16. The van der Waals surface area contributed by atoms with E-state index in [1.807, 2.05) is 54.6 Å². The number of hydrogen-bond donors (Lipinski definition) is 0. The Labute approximate surface area is 369 Å². The summed E-state index contributed by atoms with van der Waals surface area (Å²) in [6.07, 6.45) is 0. The molecule has 0 atom stereocenters. The normalized spacial score (nSPS) is 11.5. The van der Waals surface area contributed by atoms with Crippen LogP contribution in [-0.4, -0.2) is 117 Å². The van der Waals surface area contributed by atoms with Crippen LogP contribution in [0.3, 0.4) is 0 Å². The highest BCUT2D eigenvalue weighted by Gasteiger charge is 2.27. The minimum absolute atomic E-state index is 0.0215. The van der Waals surface area contributed by atoms with E-state index in [-0.39, 0.29) is 105 Å². The van der Waals surface area contributed by atoms with Crippen LogP contribution in [0.2, 0.25) is 0 Å². The summed E-state index contributed by atoms with van der Waals surface area (Å²) in [5, 5.41) is 4.18. The number of benzene rings is 7. The molecule has 0 amide bonds. The van der Waals surface area contributed by atoms with Crippen molar-refractivity contribution in [3.8, 4) is 56.4 Å². The van der Waals surface area contributed by atoms with Crippen LogP contribution in [0.25, 0.3) is 87.4 Å². The number of nitrogens with zero attached hydrogens (tertiary/aromatic N) is 3. The van der Waals surface area contributed by atoms with Gasteiger partial charge in [0.05, 0.1) is 0 Å². The standard InChI is InChI=1S/C43H14B13N3S/c44-27-22(24-30(47)34(51)38(55)35(52)31(24)48)28(45)26(29(46)23(27)25-32(49)36(53)39(56)37(54)33(25)50)43-58-41(16-7-2-1-3-8-16)57-42(59-43)19-11-6-9-15-13-14-18-17-10-4-5-12-20(17)60-40(18)21(15)19/h1-14H. The van der Waals surface area contributed by atoms with Crippen LogP contribution in [0.5, 0.6) is 0 Å². The van der Waals surface area contributed by atoms with Gasteiger partial charge in [0.2, 0.25) is 0 Å². The second-order valence-corrected chi connectivity index (χ2v) is 15.4. The van der Waals surface area contributed by atoms with Gasteiger partial charge < -0.3 is 0 Å². The van der Waals surface area contributed by atoms with Crippen LogP contribution >= 0.6 is 11.3 Å². The van der Waals surface area contributed by atoms with E-state index in [4.69, 9.17) is 117 Å². The van der Waals surface area contributed by atoms with Crippen LogP contribution in [0.15, 0.2) is 84.9 Å². The first-order valence-corrected chi connectivity index (χ1v) is 19.2. The number of aromatic nitrogens is 3. The van der Waals surface area contributed by atoms with Crippen LogP contribution < -0.4 is 71.0 Å². The summed E-state index contributed by atoms with van der Waals surface area (Å²) in [5.74, 6) is 0.696. The predicted octanol–water partition coefficient (Wildman–Crippen LogP) is -3.95. The van der Waals surface area contributed by atoms with E-state index < -0.39 is 0 Å². The number of thiophene rings is 1. The summed E-state index contributed by atoms with van der Waals surface area (Å²) < 4.78 is 2.21. The second kappa shape index (κ2) is 15.1. The van der Waals surface area contributed by atoms with Gasteiger partial charge in [-0.1, -0.05) is 117 Å². The molecule has 9 aromatic rings. The highest BCUT2D eigenvalue weighted by molar-refractivity contribution is 7.26. The number of fused-ring (bicyclic) bond motifs is 5. The van der Waals surface area contributed by atoms with Gasteiger partial charge >= 0.3 is 0 Å². The SMILES string of the molecule is [B]c1c([B])c([B])c(-c2c([B])c(-c3nc(-c4ccccc4)nc(-c4cccc5ccc6c7ccccc7sc6c45)n3)c([B])c(-c3c([B])c([B])c([B])c([B])c3[B])c2[B])c([B])c1[B]. The molecular weight excluding hydrogens is 731 g/mol. The van der Waals surface area contributed by atoms with Gasteiger partial charge in [-0.25, -0.2) is 15.0 Å². The Kier molecular flexibility index (Phi) is 10.1. The molecule has 246 valence electrons. The highest BCUT2D eigenvalue weighted by Crippen LogP contribution is 2.42. The van der Waals surface area contributed by atoms with Crippen molar-refractivity contribution in [2.24, 2.45) is 0 Å². The van der Waals surface area contributed by atoms with Gasteiger partial charge in [0.1, 0.15) is 102 Å². The predicted molar refractivity (Wildman–Crippen MR) is 267 cm³/mol. The molecule has 0 saturated heterocycles. The van der Waals surface area contributed by atoms with E-state index in [0.717, 1.165) is 36.5 Å². The molecule has 60 heavy (non-hydrogen) atoms. The van der Waals surface area contributed by atoms with Gasteiger partial charge in [-0.15, -0.1) is 44.1 Å². The van der Waals surface area contributed by atoms with Gasteiger partial charge in [0.25, 0.3) is 0 Å². The molecule has 3 nitrogen and oxygen atoms in total. The van der Waals surface area contributed by atoms with Crippen molar-refractivity contribution in [1.82, 2.24) is 15.0 Å². The van der Waals surface area contributed by atoms with E-state index in [9.17, 15) is 0 Å². The Morgan fingerprint density at radius 2 is 0.800 bits per heavy atom. The molecule has 0 spiro atoms. The van der Waals surface area contributed by atoms with Crippen molar-refractivity contribution in [2.45, 2.75) is 0 Å². The lowest BCUT2D eigenvalue weighted by atomic mass is 9.55. The summed E-state index contributed by atoms with van der Waals surface area (Å²) in [7, 11) is 86.1. The highest BCUT2D eigenvalue weighted by atomic mass is 32.1. The quantitative estimate of drug-likeness (QED) is 0.169. The van der Waals surface area contributed by atoms with Crippen molar-refractivity contribution in [3.63, 3.8) is 0 Å². The molecule has 26 radical (unpaired) electrons. The average molecular weight is 745 g/mol. The molecule has 0 bridgehead atoms. The summed E-state index contributed by atoms with van der Waals surface area (Å²) in [4.78, 5) is 15.2. The summed E-state index contributed by atoms with van der Waals surface area (Å²) >= 11 is 1.69. The zero-order chi connectivity index (χ0) is 42.5. The van der Waals surface area contributed by atoms with Crippen molar-refractivity contribution in [1.29, 1.82) is 0 Å². The van der Waals surface area contributed by atoms with E-state index in [0.29, 0.717) is 17.2 Å². The molecule has 0 fully saturated rings. The molecule has 7 aromatic carbocycles. The molecule has 0 aliphatic carbocycles. The maximum absolute atomic E-state index is 7.20. The first kappa shape index (κ1) is 40.3. The molecule has 0 aliphatic heterocycles. The number of hydrogen-bond acceptors (Lipinski definition) is 4. The monoisotopic (exact) mass is 747 g/mol. The van der Waals surface area contributed by atoms with Crippen molar-refractivity contribution >= 4 is 215 Å². The Morgan fingerprint density at radius 3 is 1.38 bits per heavy atom. The van der Waals surface area contributed by atoms with E-state index in [1.165, 1.54) is 0 Å². The molecule has 2 aromatic heterocycles. The van der Waals surface area contributed by atoms with Gasteiger partial charge in [-0.2, -0.15) is 0 Å². The zero-order valence-electron chi connectivity index (χ0n) is 31.8. The Balaban J connectivity index is 1.45. The molecule has 0 aliphatic rings. The van der Waals surface area contributed by atoms with Gasteiger partial charge in [0.15, 0.2) is 17.5 Å². The molecule has 0 N–H and O–H groups in total. The Morgan fingerprint density at radius 1 is 0.333 bits per heavy atom. The minimum atomic E-state index is -0.0727. The number of rotatable bonds is 5. The van der Waals surface area contributed by atoms with Gasteiger partial charge in [-0.3, -0.25) is 0 Å². The van der Waals surface area contributed by atoms with Gasteiger partial charge in [-0.05, 0) is 33.7 Å². The van der Waals surface area contributed by atoms with E-state index in [2.05, 4.69) is 30.3 Å². The third-order valence-electron chi connectivity index (χ3n) is 11.0. The van der Waals surface area contributed by atoms with Crippen molar-refractivity contribution in [2.75, 3.05) is 0 Å². The topological polar surface area (TPSA) is 38.7 Å². The Hall–Kier alpha value is -5.13. The molecule has 9 rings (SSSR count). The van der Waals surface area contributed by atoms with Crippen LogP contribution in [0.4, 0.5) is 0 Å². The maximum atomic E-state index is 7.20. The average Bonchev–Trinajstić information content (AvgIpc) is 3.65. The molecule has 17 heteroatoms. The largest absolute Gasteiger partial charge is 0.208 e. The van der Waals surface area contributed by atoms with Crippen LogP contribution in [0, 0.1) is 0 Å². The molecule has 0 saturated carbocycles. The zero-order valence-corrected chi connectivity index (χ0v) is 32.7. The maximum Gasteiger partial charge on any atom is 0.164 e. The van der Waals surface area contributed by atoms with Crippen molar-refractivity contribution < 1.29 is 0 Å². The first-order valence-electron chi connectivity index (χ1n) is 18.4. The van der Waals surface area contributed by atoms with Crippen LogP contribution in [0.1, 0.15) is 0 Å². The van der Waals surface area contributed by atoms with E-state index in [1.54, 1.807) is 11.3 Å². The fourth-order valence-electron chi connectivity index (χ4n) is 7.89. The summed E-state index contributed by atoms with van der Waals surface area (Å²) in [5.41, 5.74) is 1.19. The summed E-state index contributed by atoms with van der Waals surface area (Å²) in [6, 6.07) is 27.9. The third kappa shape index (κ3) is 6.09. The third-order valence-corrected chi connectivity index (χ3v) is 12.2. The van der Waals surface area contributed by atoms with Crippen LogP contribution in [-0.2, 0) is 0 Å². The van der Waals surface area contributed by atoms with Gasteiger partial charge in [0, 0.05) is 42.2 Å². The Bertz CT molecular complexity index is 3160. The lowest BCUT2D eigenvalue weighted by Crippen LogP contribution is -2.57. The molecule has 2 heterocycles. The first-order chi connectivity index (χ1) is 28.7. The smallest absolute Gasteiger partial charge is 0.164 e. The second-order valence-electron chi connectivity index (χ2n) is 14.4. The lowest BCUT2D eigenvalue weighted by Gasteiger charge is -2.31. The minimum Gasteiger partial charge on any atom is -0.208 e. The van der Waals surface area contributed by atoms with Crippen molar-refractivity contribution in [3.05, 3.63) is 84.9 Å². The summed E-state index contributed by atoms with van der Waals surface area (Å²) in [6.45, 7) is 0. The van der Waals surface area contributed by atoms with E-state index >= 15 is 0 Å². The molecular formula is C43H14B13N3S.